The molecule has 0 aromatic carbocycles. The van der Waals surface area contributed by atoms with Crippen LogP contribution in [0.4, 0.5) is 0 Å². The van der Waals surface area contributed by atoms with E-state index in [0.29, 0.717) is 0 Å². The van der Waals surface area contributed by atoms with Crippen LogP contribution >= 0.6 is 23.5 Å². The lowest BCUT2D eigenvalue weighted by atomic mass is 10.6. The molecule has 0 heterocycles. The minimum Gasteiger partial charge on any atom is -0.134 e. The minimum atomic E-state index is 1.25. The lowest BCUT2D eigenvalue weighted by Gasteiger charge is -1.89. The average Bonchev–Trinajstić information content (AvgIpc) is 1.97. The quantitative estimate of drug-likeness (QED) is 0.565. The van der Waals surface area contributed by atoms with E-state index in [2.05, 4.69) is 24.7 Å². The van der Waals surface area contributed by atoms with Crippen molar-refractivity contribution in [2.75, 3.05) is 11.5 Å². The van der Waals surface area contributed by atoms with E-state index >= 15 is 0 Å². The third-order valence-electron chi connectivity index (χ3n) is 0.892. The number of hydrogen-bond acceptors (Lipinski definition) is 2. The summed E-state index contributed by atoms with van der Waals surface area (Å²) in [4.78, 5) is 0. The summed E-state index contributed by atoms with van der Waals surface area (Å²) >= 11 is 3.80. The minimum absolute atomic E-state index is 1.25. The molecule has 0 saturated carbocycles. The van der Waals surface area contributed by atoms with Gasteiger partial charge in [0.15, 0.2) is 0 Å². The molecule has 0 amide bonds. The predicted octanol–water partition coefficient (Wildman–Crippen LogP) is 3.74. The van der Waals surface area contributed by atoms with Gasteiger partial charge in [-0.2, -0.15) is 0 Å². The molecule has 0 saturated heterocycles. The Labute approximate surface area is 72.9 Å². The highest BCUT2D eigenvalue weighted by Gasteiger charge is 1.78. The second-order valence-electron chi connectivity index (χ2n) is 2.01. The van der Waals surface area contributed by atoms with Gasteiger partial charge in [0, 0.05) is 0 Å². The molecule has 0 unspecified atom stereocenters. The molecule has 0 aliphatic heterocycles. The SMILES string of the molecule is CCCSC=CSCCC. The standard InChI is InChI=1S/C8H16S2/c1-3-5-9-7-8-10-6-4-2/h7-8H,3-6H2,1-2H3. The van der Waals surface area contributed by atoms with E-state index in [9.17, 15) is 0 Å². The molecular weight excluding hydrogens is 160 g/mol. The first-order valence-corrected chi connectivity index (χ1v) is 5.89. The number of hydrogen-bond donors (Lipinski definition) is 0. The summed E-state index contributed by atoms with van der Waals surface area (Å²) in [7, 11) is 0. The van der Waals surface area contributed by atoms with Gasteiger partial charge in [-0.1, -0.05) is 13.8 Å². The summed E-state index contributed by atoms with van der Waals surface area (Å²) in [5.74, 6) is 2.51. The van der Waals surface area contributed by atoms with Gasteiger partial charge in [-0.3, -0.25) is 0 Å². The van der Waals surface area contributed by atoms with Gasteiger partial charge in [0.1, 0.15) is 0 Å². The Morgan fingerprint density at radius 2 is 1.30 bits per heavy atom. The highest BCUT2D eigenvalue weighted by molar-refractivity contribution is 8.05. The van der Waals surface area contributed by atoms with E-state index in [4.69, 9.17) is 0 Å². The fourth-order valence-corrected chi connectivity index (χ4v) is 1.82. The number of thioether (sulfide) groups is 2. The Hall–Kier alpha value is 0.440. The van der Waals surface area contributed by atoms with Gasteiger partial charge < -0.3 is 0 Å². The van der Waals surface area contributed by atoms with E-state index in [1.54, 1.807) is 0 Å². The van der Waals surface area contributed by atoms with Crippen molar-refractivity contribution in [1.29, 1.82) is 0 Å². The molecule has 0 aliphatic carbocycles. The van der Waals surface area contributed by atoms with Gasteiger partial charge in [0.05, 0.1) is 0 Å². The zero-order valence-electron chi connectivity index (χ0n) is 6.80. The highest BCUT2D eigenvalue weighted by Crippen LogP contribution is 2.10. The first kappa shape index (κ1) is 10.4. The van der Waals surface area contributed by atoms with Crippen LogP contribution in [0.3, 0.4) is 0 Å². The second kappa shape index (κ2) is 9.44. The van der Waals surface area contributed by atoms with E-state index < -0.39 is 0 Å². The highest BCUT2D eigenvalue weighted by atomic mass is 32.2. The Balaban J connectivity index is 2.89. The molecule has 0 spiro atoms. The van der Waals surface area contributed by atoms with Gasteiger partial charge in [-0.05, 0) is 35.2 Å². The third kappa shape index (κ3) is 8.44. The normalized spacial score (nSPS) is 11.0. The van der Waals surface area contributed by atoms with E-state index in [0.717, 1.165) is 0 Å². The van der Waals surface area contributed by atoms with Crippen molar-refractivity contribution in [3.8, 4) is 0 Å². The fourth-order valence-electron chi connectivity index (χ4n) is 0.450. The molecule has 0 bridgehead atoms. The van der Waals surface area contributed by atoms with Crippen LogP contribution < -0.4 is 0 Å². The molecule has 10 heavy (non-hydrogen) atoms. The van der Waals surface area contributed by atoms with Crippen molar-refractivity contribution in [3.05, 3.63) is 10.8 Å². The molecule has 0 aromatic rings. The van der Waals surface area contributed by atoms with Gasteiger partial charge in [0.25, 0.3) is 0 Å². The van der Waals surface area contributed by atoms with Gasteiger partial charge in [-0.15, -0.1) is 23.5 Å². The Kier molecular flexibility index (Phi) is 9.86. The van der Waals surface area contributed by atoms with Crippen LogP contribution in [0, 0.1) is 0 Å². The van der Waals surface area contributed by atoms with E-state index in [-0.39, 0.29) is 0 Å². The van der Waals surface area contributed by atoms with Crippen LogP contribution in [0.2, 0.25) is 0 Å². The maximum atomic E-state index is 2.21. The Bertz CT molecular complexity index is 69.3. The summed E-state index contributed by atoms with van der Waals surface area (Å²) in [5, 5.41) is 4.40. The summed E-state index contributed by atoms with van der Waals surface area (Å²) in [6.45, 7) is 4.42. The topological polar surface area (TPSA) is 0 Å². The first-order valence-electron chi connectivity index (χ1n) is 3.80. The van der Waals surface area contributed by atoms with E-state index in [1.165, 1.54) is 24.3 Å². The van der Waals surface area contributed by atoms with E-state index in [1.807, 2.05) is 23.5 Å². The maximum Gasteiger partial charge on any atom is -0.00284 e. The molecule has 0 fully saturated rings. The molecule has 0 atom stereocenters. The van der Waals surface area contributed by atoms with Crippen LogP contribution in [0.25, 0.3) is 0 Å². The lowest BCUT2D eigenvalue weighted by Crippen LogP contribution is -1.68. The molecule has 60 valence electrons. The Morgan fingerprint density at radius 3 is 1.60 bits per heavy atom. The smallest absolute Gasteiger partial charge is 0.00284 e. The van der Waals surface area contributed by atoms with Crippen molar-refractivity contribution in [1.82, 2.24) is 0 Å². The van der Waals surface area contributed by atoms with Crippen LogP contribution in [0.1, 0.15) is 26.7 Å². The zero-order valence-corrected chi connectivity index (χ0v) is 8.43. The van der Waals surface area contributed by atoms with Crippen LogP contribution in [0.5, 0.6) is 0 Å². The van der Waals surface area contributed by atoms with Crippen LogP contribution in [-0.2, 0) is 0 Å². The average molecular weight is 176 g/mol. The maximum absolute atomic E-state index is 2.21. The lowest BCUT2D eigenvalue weighted by molar-refractivity contribution is 1.11. The predicted molar refractivity (Wildman–Crippen MR) is 54.6 cm³/mol. The van der Waals surface area contributed by atoms with Crippen LogP contribution in [-0.4, -0.2) is 11.5 Å². The van der Waals surface area contributed by atoms with Crippen LogP contribution in [0.15, 0.2) is 10.8 Å². The first-order chi connectivity index (χ1) is 4.91. The number of rotatable bonds is 6. The molecule has 0 radical (unpaired) electrons. The molecule has 2 heteroatoms. The molecule has 0 N–H and O–H groups in total. The van der Waals surface area contributed by atoms with Crippen molar-refractivity contribution >= 4 is 23.5 Å². The summed E-state index contributed by atoms with van der Waals surface area (Å²) in [5.41, 5.74) is 0. The molecule has 0 aromatic heterocycles. The molecule has 0 aliphatic rings. The fraction of sp³-hybridized carbons (Fsp3) is 0.750. The monoisotopic (exact) mass is 176 g/mol. The molecule has 0 rings (SSSR count). The summed E-state index contributed by atoms with van der Waals surface area (Å²) in [6, 6.07) is 0. The molecule has 0 nitrogen and oxygen atoms in total. The van der Waals surface area contributed by atoms with Crippen molar-refractivity contribution in [2.45, 2.75) is 26.7 Å². The van der Waals surface area contributed by atoms with Gasteiger partial charge >= 0.3 is 0 Å². The van der Waals surface area contributed by atoms with Gasteiger partial charge in [0.2, 0.25) is 0 Å². The summed E-state index contributed by atoms with van der Waals surface area (Å²) < 4.78 is 0. The van der Waals surface area contributed by atoms with Crippen molar-refractivity contribution < 1.29 is 0 Å². The zero-order chi connectivity index (χ0) is 7.66. The van der Waals surface area contributed by atoms with Gasteiger partial charge in [-0.25, -0.2) is 0 Å². The molecular formula is C8H16S2. The Morgan fingerprint density at radius 1 is 0.900 bits per heavy atom. The second-order valence-corrected chi connectivity index (χ2v) is 4.04. The summed E-state index contributed by atoms with van der Waals surface area (Å²) in [6.07, 6.45) is 2.54. The third-order valence-corrected chi connectivity index (χ3v) is 3.01. The largest absolute Gasteiger partial charge is 0.134 e. The van der Waals surface area contributed by atoms with Crippen molar-refractivity contribution in [2.24, 2.45) is 0 Å². The van der Waals surface area contributed by atoms with Crippen molar-refractivity contribution in [3.63, 3.8) is 0 Å².